The predicted octanol–water partition coefficient (Wildman–Crippen LogP) is 0.988. The van der Waals surface area contributed by atoms with Crippen molar-refractivity contribution < 1.29 is 8.42 Å². The van der Waals surface area contributed by atoms with Crippen LogP contribution < -0.4 is 15.6 Å². The molecule has 2 aliphatic heterocycles. The van der Waals surface area contributed by atoms with E-state index in [4.69, 9.17) is 0 Å². The molecule has 0 spiro atoms. The van der Waals surface area contributed by atoms with Crippen LogP contribution >= 0.6 is 0 Å². The Kier molecular flexibility index (Phi) is 3.88. The molecule has 2 aliphatic rings. The van der Waals surface area contributed by atoms with Crippen LogP contribution in [0.3, 0.4) is 0 Å². The van der Waals surface area contributed by atoms with Crippen LogP contribution in [0.15, 0.2) is 35.3 Å². The normalized spacial score (nSPS) is 22.3. The summed E-state index contributed by atoms with van der Waals surface area (Å²) in [6.07, 6.45) is 3.79. The van der Waals surface area contributed by atoms with Crippen LogP contribution in [0.1, 0.15) is 18.0 Å². The molecule has 4 heterocycles. The fourth-order valence-electron chi connectivity index (χ4n) is 3.79. The zero-order valence-corrected chi connectivity index (χ0v) is 14.7. The topological polar surface area (TPSA) is 93.1 Å². The number of hydrogen-bond donors (Lipinski definition) is 2. The molecule has 0 saturated carbocycles. The quantitative estimate of drug-likeness (QED) is 0.851. The first kappa shape index (κ1) is 16.3. The van der Waals surface area contributed by atoms with Crippen molar-refractivity contribution in [1.29, 1.82) is 0 Å². The number of piperidine rings is 1. The van der Waals surface area contributed by atoms with Crippen molar-refractivity contribution in [1.82, 2.24) is 14.9 Å². The van der Waals surface area contributed by atoms with Gasteiger partial charge in [-0.1, -0.05) is 0 Å². The fraction of sp³-hybridized carbons (Fsp3) is 0.412. The molecule has 25 heavy (non-hydrogen) atoms. The van der Waals surface area contributed by atoms with E-state index >= 15 is 0 Å². The summed E-state index contributed by atoms with van der Waals surface area (Å²) >= 11 is 0. The van der Waals surface area contributed by atoms with Crippen molar-refractivity contribution in [3.63, 3.8) is 0 Å². The Balaban J connectivity index is 1.70. The van der Waals surface area contributed by atoms with Crippen molar-refractivity contribution in [2.24, 2.45) is 5.92 Å². The fourth-order valence-corrected chi connectivity index (χ4v) is 4.29. The van der Waals surface area contributed by atoms with E-state index < -0.39 is 10.0 Å². The number of pyridine rings is 2. The molecule has 0 aliphatic carbocycles. The zero-order valence-electron chi connectivity index (χ0n) is 13.9. The van der Waals surface area contributed by atoms with Crippen molar-refractivity contribution in [2.75, 3.05) is 24.1 Å². The molecule has 2 atom stereocenters. The number of rotatable bonds is 3. The highest BCUT2D eigenvalue weighted by Gasteiger charge is 2.31. The lowest BCUT2D eigenvalue weighted by Gasteiger charge is -2.37. The summed E-state index contributed by atoms with van der Waals surface area (Å²) in [7, 11) is -3.36. The largest absolute Gasteiger partial charge is 0.316 e. The summed E-state index contributed by atoms with van der Waals surface area (Å²) < 4.78 is 26.8. The first-order chi connectivity index (χ1) is 11.9. The van der Waals surface area contributed by atoms with Crippen molar-refractivity contribution in [2.45, 2.75) is 18.9 Å². The van der Waals surface area contributed by atoms with E-state index in [1.54, 1.807) is 24.4 Å². The minimum atomic E-state index is -3.36. The molecule has 132 valence electrons. The number of nitrogens with zero attached hydrogens (tertiary/aromatic N) is 2. The summed E-state index contributed by atoms with van der Waals surface area (Å²) in [4.78, 5) is 16.7. The van der Waals surface area contributed by atoms with E-state index in [9.17, 15) is 13.2 Å². The number of fused-ring (bicyclic) bond motifs is 4. The maximum atomic E-state index is 12.6. The van der Waals surface area contributed by atoms with Crippen LogP contribution in [-0.2, 0) is 16.6 Å². The van der Waals surface area contributed by atoms with E-state index in [1.807, 2.05) is 4.57 Å². The van der Waals surface area contributed by atoms with Crippen LogP contribution in [0.4, 0.5) is 5.82 Å². The highest BCUT2D eigenvalue weighted by Crippen LogP contribution is 2.33. The molecule has 0 unspecified atom stereocenters. The van der Waals surface area contributed by atoms with E-state index in [-0.39, 0.29) is 11.4 Å². The molecule has 2 bridgehead atoms. The number of aromatic nitrogens is 2. The third-order valence-corrected chi connectivity index (χ3v) is 5.43. The van der Waals surface area contributed by atoms with Gasteiger partial charge in [0.15, 0.2) is 0 Å². The van der Waals surface area contributed by atoms with Crippen molar-refractivity contribution in [3.8, 4) is 11.1 Å². The molecule has 1 saturated heterocycles. The lowest BCUT2D eigenvalue weighted by atomic mass is 9.83. The monoisotopic (exact) mass is 360 g/mol. The van der Waals surface area contributed by atoms with Gasteiger partial charge >= 0.3 is 0 Å². The van der Waals surface area contributed by atoms with E-state index in [1.165, 1.54) is 0 Å². The first-order valence-corrected chi connectivity index (χ1v) is 10.2. The molecule has 2 aromatic rings. The zero-order chi connectivity index (χ0) is 17.6. The summed E-state index contributed by atoms with van der Waals surface area (Å²) in [6.45, 7) is 2.64. The van der Waals surface area contributed by atoms with Crippen LogP contribution in [0.25, 0.3) is 11.1 Å². The highest BCUT2D eigenvalue weighted by molar-refractivity contribution is 7.92. The van der Waals surface area contributed by atoms with Gasteiger partial charge in [0, 0.05) is 42.5 Å². The summed E-state index contributed by atoms with van der Waals surface area (Å²) in [6, 6.07) is 7.08. The summed E-state index contributed by atoms with van der Waals surface area (Å²) in [5.74, 6) is 1.15. The predicted molar refractivity (Wildman–Crippen MR) is 96.1 cm³/mol. The second-order valence-electron chi connectivity index (χ2n) is 6.88. The van der Waals surface area contributed by atoms with Crippen LogP contribution in [-0.4, -0.2) is 37.3 Å². The molecule has 0 amide bonds. The van der Waals surface area contributed by atoms with E-state index in [0.717, 1.165) is 49.1 Å². The van der Waals surface area contributed by atoms with Gasteiger partial charge in [-0.15, -0.1) is 0 Å². The molecule has 8 heteroatoms. The minimum Gasteiger partial charge on any atom is -0.316 e. The lowest BCUT2D eigenvalue weighted by Crippen LogP contribution is -2.44. The number of hydrogen-bond acceptors (Lipinski definition) is 5. The number of anilines is 1. The molecular weight excluding hydrogens is 340 g/mol. The Morgan fingerprint density at radius 2 is 2.08 bits per heavy atom. The molecule has 2 aromatic heterocycles. The second kappa shape index (κ2) is 5.96. The molecular formula is C17H20N4O3S. The van der Waals surface area contributed by atoms with Gasteiger partial charge in [0.05, 0.1) is 6.26 Å². The average molecular weight is 360 g/mol. The average Bonchev–Trinajstić information content (AvgIpc) is 2.55. The van der Waals surface area contributed by atoms with Crippen molar-refractivity contribution in [3.05, 3.63) is 46.5 Å². The Hall–Kier alpha value is -2.19. The van der Waals surface area contributed by atoms with Crippen LogP contribution in [0, 0.1) is 5.92 Å². The Morgan fingerprint density at radius 1 is 1.24 bits per heavy atom. The molecule has 0 aromatic carbocycles. The van der Waals surface area contributed by atoms with Gasteiger partial charge in [-0.2, -0.15) is 0 Å². The van der Waals surface area contributed by atoms with Gasteiger partial charge in [0.25, 0.3) is 5.56 Å². The molecule has 4 rings (SSSR count). The standard InChI is InChI=1S/C17H20N4O3S/c1-25(23,24)20-16-3-2-12(9-19-16)13-5-15-14-4-11(7-18-8-14)10-21(15)17(22)6-13/h2-3,5-6,9,11,14,18H,4,7-8,10H2,1H3,(H,19,20)/t11-,14+/m0/s1. The maximum absolute atomic E-state index is 12.6. The molecule has 1 fully saturated rings. The third-order valence-electron chi connectivity index (χ3n) is 4.85. The third kappa shape index (κ3) is 3.32. The van der Waals surface area contributed by atoms with Gasteiger partial charge in [-0.25, -0.2) is 13.4 Å². The molecule has 0 radical (unpaired) electrons. The Bertz CT molecular complexity index is 966. The SMILES string of the molecule is CS(=O)(=O)Nc1ccc(-c2cc3n(c(=O)c2)C[C@@H]2CNC[C@H]3C2)cn1. The minimum absolute atomic E-state index is 0.0161. The van der Waals surface area contributed by atoms with Gasteiger partial charge in [-0.05, 0) is 42.6 Å². The highest BCUT2D eigenvalue weighted by atomic mass is 32.2. The Labute approximate surface area is 146 Å². The van der Waals surface area contributed by atoms with E-state index in [2.05, 4.69) is 21.1 Å². The van der Waals surface area contributed by atoms with E-state index in [0.29, 0.717) is 11.8 Å². The molecule has 7 nitrogen and oxygen atoms in total. The number of nitrogens with one attached hydrogen (secondary N) is 2. The first-order valence-electron chi connectivity index (χ1n) is 8.29. The van der Waals surface area contributed by atoms with Crippen LogP contribution in [0.2, 0.25) is 0 Å². The Morgan fingerprint density at radius 3 is 2.80 bits per heavy atom. The smallest absolute Gasteiger partial charge is 0.251 e. The van der Waals surface area contributed by atoms with Gasteiger partial charge in [0.1, 0.15) is 5.82 Å². The lowest BCUT2D eigenvalue weighted by molar-refractivity contribution is 0.257. The van der Waals surface area contributed by atoms with Gasteiger partial charge in [-0.3, -0.25) is 9.52 Å². The summed E-state index contributed by atoms with van der Waals surface area (Å²) in [5.41, 5.74) is 2.70. The molecule has 2 N–H and O–H groups in total. The van der Waals surface area contributed by atoms with Crippen LogP contribution in [0.5, 0.6) is 0 Å². The van der Waals surface area contributed by atoms with Gasteiger partial charge in [0.2, 0.25) is 10.0 Å². The number of sulfonamides is 1. The summed E-state index contributed by atoms with van der Waals surface area (Å²) in [5, 5.41) is 3.44. The van der Waals surface area contributed by atoms with Crippen molar-refractivity contribution >= 4 is 15.8 Å². The maximum Gasteiger partial charge on any atom is 0.251 e. The second-order valence-corrected chi connectivity index (χ2v) is 8.63. The van der Waals surface area contributed by atoms with Gasteiger partial charge < -0.3 is 9.88 Å².